The standard InChI is InChI=1S/C26H37N5O2/c1-3-30(4-2)15-7-14-27-25(32)19-12-16-31(17-13-19)24-18-22(26(33)28-20-10-11-20)21-8-5-6-9-23(21)29-24/h5-6,8-9,18-20H,3-4,7,10-17H2,1-2H3,(H,27,32)(H,28,33). The number of anilines is 1. The van der Waals surface area contributed by atoms with Gasteiger partial charge in [-0.1, -0.05) is 32.0 Å². The molecule has 2 amide bonds. The van der Waals surface area contributed by atoms with Crippen LogP contribution in [0.2, 0.25) is 0 Å². The normalized spacial score (nSPS) is 16.9. The lowest BCUT2D eigenvalue weighted by Crippen LogP contribution is -2.41. The van der Waals surface area contributed by atoms with Crippen LogP contribution < -0.4 is 15.5 Å². The maximum absolute atomic E-state index is 12.9. The molecular weight excluding hydrogens is 414 g/mol. The Balaban J connectivity index is 1.35. The Labute approximate surface area is 196 Å². The second kappa shape index (κ2) is 11.0. The van der Waals surface area contributed by atoms with Crippen molar-refractivity contribution in [2.45, 2.75) is 52.0 Å². The van der Waals surface area contributed by atoms with Crippen LogP contribution in [0.4, 0.5) is 5.82 Å². The number of fused-ring (bicyclic) bond motifs is 1. The van der Waals surface area contributed by atoms with E-state index in [2.05, 4.69) is 34.3 Å². The molecule has 1 aliphatic heterocycles. The first-order valence-corrected chi connectivity index (χ1v) is 12.5. The summed E-state index contributed by atoms with van der Waals surface area (Å²) in [4.78, 5) is 34.9. The van der Waals surface area contributed by atoms with Crippen LogP contribution in [0, 0.1) is 5.92 Å². The van der Waals surface area contributed by atoms with Gasteiger partial charge < -0.3 is 20.4 Å². The number of benzene rings is 1. The molecule has 0 atom stereocenters. The number of hydrogen-bond donors (Lipinski definition) is 2. The minimum absolute atomic E-state index is 0.0173. The zero-order valence-corrected chi connectivity index (χ0v) is 20.0. The highest BCUT2D eigenvalue weighted by atomic mass is 16.2. The number of nitrogens with one attached hydrogen (secondary N) is 2. The van der Waals surface area contributed by atoms with E-state index in [4.69, 9.17) is 4.98 Å². The largest absolute Gasteiger partial charge is 0.357 e. The fourth-order valence-corrected chi connectivity index (χ4v) is 4.57. The second-order valence-corrected chi connectivity index (χ2v) is 9.23. The fourth-order valence-electron chi connectivity index (χ4n) is 4.57. The lowest BCUT2D eigenvalue weighted by molar-refractivity contribution is -0.125. The molecule has 0 bridgehead atoms. The van der Waals surface area contributed by atoms with E-state index in [0.29, 0.717) is 11.6 Å². The van der Waals surface area contributed by atoms with Crippen LogP contribution in [0.1, 0.15) is 56.3 Å². The minimum atomic E-state index is -0.0173. The second-order valence-electron chi connectivity index (χ2n) is 9.23. The summed E-state index contributed by atoms with van der Waals surface area (Å²) in [7, 11) is 0. The smallest absolute Gasteiger partial charge is 0.252 e. The van der Waals surface area contributed by atoms with Gasteiger partial charge in [0, 0.05) is 37.0 Å². The van der Waals surface area contributed by atoms with Crippen molar-refractivity contribution in [3.05, 3.63) is 35.9 Å². The van der Waals surface area contributed by atoms with Crippen LogP contribution in [0.15, 0.2) is 30.3 Å². The molecule has 2 heterocycles. The Morgan fingerprint density at radius 2 is 1.82 bits per heavy atom. The van der Waals surface area contributed by atoms with E-state index >= 15 is 0 Å². The number of pyridine rings is 1. The maximum Gasteiger partial charge on any atom is 0.252 e. The van der Waals surface area contributed by atoms with Crippen LogP contribution in [-0.4, -0.2) is 67.0 Å². The lowest BCUT2D eigenvalue weighted by atomic mass is 9.95. The van der Waals surface area contributed by atoms with Crippen LogP contribution in [0.25, 0.3) is 10.9 Å². The molecule has 2 aromatic rings. The summed E-state index contributed by atoms with van der Waals surface area (Å²) in [5.41, 5.74) is 1.53. The summed E-state index contributed by atoms with van der Waals surface area (Å²) in [5.74, 6) is 1.03. The molecule has 1 saturated heterocycles. The molecule has 2 fully saturated rings. The van der Waals surface area contributed by atoms with E-state index in [1.54, 1.807) is 0 Å². The van der Waals surface area contributed by atoms with Crippen LogP contribution in [0.5, 0.6) is 0 Å². The molecule has 33 heavy (non-hydrogen) atoms. The van der Waals surface area contributed by atoms with Gasteiger partial charge in [-0.25, -0.2) is 4.98 Å². The van der Waals surface area contributed by atoms with E-state index in [1.165, 1.54) is 0 Å². The summed E-state index contributed by atoms with van der Waals surface area (Å²) >= 11 is 0. The van der Waals surface area contributed by atoms with Gasteiger partial charge in [0.2, 0.25) is 5.91 Å². The molecule has 2 aliphatic rings. The Morgan fingerprint density at radius 3 is 2.52 bits per heavy atom. The number of nitrogens with zero attached hydrogens (tertiary/aromatic N) is 3. The summed E-state index contributed by atoms with van der Waals surface area (Å²) in [6.07, 6.45) is 4.72. The molecule has 1 aromatic carbocycles. The quantitative estimate of drug-likeness (QED) is 0.543. The number of rotatable bonds is 10. The van der Waals surface area contributed by atoms with E-state index in [0.717, 1.165) is 88.1 Å². The molecular formula is C26H37N5O2. The number of carbonyl (C=O) groups excluding carboxylic acids is 2. The number of amides is 2. The van der Waals surface area contributed by atoms with Crippen LogP contribution >= 0.6 is 0 Å². The molecule has 2 N–H and O–H groups in total. The van der Waals surface area contributed by atoms with Gasteiger partial charge in [0.15, 0.2) is 0 Å². The van der Waals surface area contributed by atoms with E-state index < -0.39 is 0 Å². The van der Waals surface area contributed by atoms with Gasteiger partial charge in [0.25, 0.3) is 5.91 Å². The predicted molar refractivity (Wildman–Crippen MR) is 133 cm³/mol. The summed E-state index contributed by atoms with van der Waals surface area (Å²) < 4.78 is 0. The summed E-state index contributed by atoms with van der Waals surface area (Å²) in [5, 5.41) is 7.13. The molecule has 1 aliphatic carbocycles. The van der Waals surface area contributed by atoms with Gasteiger partial charge in [-0.05, 0) is 63.9 Å². The highest BCUT2D eigenvalue weighted by molar-refractivity contribution is 6.07. The molecule has 7 heteroatoms. The highest BCUT2D eigenvalue weighted by Crippen LogP contribution is 2.28. The van der Waals surface area contributed by atoms with Gasteiger partial charge in [-0.15, -0.1) is 0 Å². The van der Waals surface area contributed by atoms with Crippen LogP contribution in [0.3, 0.4) is 0 Å². The predicted octanol–water partition coefficient (Wildman–Crippen LogP) is 3.19. The average Bonchev–Trinajstić information content (AvgIpc) is 3.67. The Kier molecular flexibility index (Phi) is 7.81. The first kappa shape index (κ1) is 23.5. The van der Waals surface area contributed by atoms with E-state index in [1.807, 2.05) is 30.3 Å². The SMILES string of the molecule is CCN(CC)CCCNC(=O)C1CCN(c2cc(C(=O)NC3CC3)c3ccccc3n2)CC1. The Bertz CT molecular complexity index is 962. The highest BCUT2D eigenvalue weighted by Gasteiger charge is 2.28. The maximum atomic E-state index is 12.9. The Morgan fingerprint density at radius 1 is 1.09 bits per heavy atom. The first-order chi connectivity index (χ1) is 16.1. The third-order valence-electron chi connectivity index (χ3n) is 6.89. The van der Waals surface area contributed by atoms with Gasteiger partial charge in [0.1, 0.15) is 5.82 Å². The number of piperidine rings is 1. The fraction of sp³-hybridized carbons (Fsp3) is 0.577. The third kappa shape index (κ3) is 6.02. The number of hydrogen-bond acceptors (Lipinski definition) is 5. The van der Waals surface area contributed by atoms with Crippen molar-refractivity contribution in [1.82, 2.24) is 20.5 Å². The molecule has 0 spiro atoms. The first-order valence-electron chi connectivity index (χ1n) is 12.5. The number of para-hydroxylation sites is 1. The average molecular weight is 452 g/mol. The molecule has 178 valence electrons. The zero-order chi connectivity index (χ0) is 23.2. The zero-order valence-electron chi connectivity index (χ0n) is 20.0. The summed E-state index contributed by atoms with van der Waals surface area (Å²) in [6, 6.07) is 10.1. The van der Waals surface area contributed by atoms with Crippen molar-refractivity contribution in [2.24, 2.45) is 5.92 Å². The summed E-state index contributed by atoms with van der Waals surface area (Å²) in [6.45, 7) is 9.74. The molecule has 1 aromatic heterocycles. The van der Waals surface area contributed by atoms with E-state index in [-0.39, 0.29) is 17.7 Å². The van der Waals surface area contributed by atoms with Gasteiger partial charge >= 0.3 is 0 Å². The van der Waals surface area contributed by atoms with Crippen LogP contribution in [-0.2, 0) is 4.79 Å². The Hall–Kier alpha value is -2.67. The van der Waals surface area contributed by atoms with Crippen molar-refractivity contribution >= 4 is 28.5 Å². The van der Waals surface area contributed by atoms with Gasteiger partial charge in [-0.3, -0.25) is 9.59 Å². The lowest BCUT2D eigenvalue weighted by Gasteiger charge is -2.32. The monoisotopic (exact) mass is 451 g/mol. The van der Waals surface area contributed by atoms with Gasteiger partial charge in [-0.2, -0.15) is 0 Å². The van der Waals surface area contributed by atoms with Gasteiger partial charge in [0.05, 0.1) is 11.1 Å². The van der Waals surface area contributed by atoms with Crippen molar-refractivity contribution in [1.29, 1.82) is 0 Å². The molecule has 7 nitrogen and oxygen atoms in total. The number of carbonyl (C=O) groups is 2. The van der Waals surface area contributed by atoms with Crippen molar-refractivity contribution in [3.8, 4) is 0 Å². The van der Waals surface area contributed by atoms with E-state index in [9.17, 15) is 9.59 Å². The van der Waals surface area contributed by atoms with Crippen molar-refractivity contribution in [3.63, 3.8) is 0 Å². The number of aromatic nitrogens is 1. The topological polar surface area (TPSA) is 77.6 Å². The molecule has 4 rings (SSSR count). The van der Waals surface area contributed by atoms with Crippen molar-refractivity contribution in [2.75, 3.05) is 44.2 Å². The molecule has 1 saturated carbocycles. The third-order valence-corrected chi connectivity index (χ3v) is 6.89. The molecule has 0 unspecified atom stereocenters. The van der Waals surface area contributed by atoms with Crippen molar-refractivity contribution < 1.29 is 9.59 Å². The minimum Gasteiger partial charge on any atom is -0.357 e. The molecule has 0 radical (unpaired) electrons.